The zero-order valence-corrected chi connectivity index (χ0v) is 16.1. The molecule has 0 radical (unpaired) electrons. The fourth-order valence-electron chi connectivity index (χ4n) is 2.65. The van der Waals surface area contributed by atoms with E-state index < -0.39 is 0 Å². The first-order valence-electron chi connectivity index (χ1n) is 8.77. The largest absolute Gasteiger partial charge is 0.493 e. The van der Waals surface area contributed by atoms with Crippen molar-refractivity contribution in [2.75, 3.05) is 27.3 Å². The number of benzene rings is 1. The number of pyridine rings is 1. The first-order valence-corrected chi connectivity index (χ1v) is 8.77. The molecule has 1 aromatic carbocycles. The number of rotatable bonds is 8. The van der Waals surface area contributed by atoms with Crippen LogP contribution >= 0.6 is 0 Å². The third-order valence-corrected chi connectivity index (χ3v) is 4.20. The van der Waals surface area contributed by atoms with Crippen LogP contribution in [0.1, 0.15) is 40.1 Å². The van der Waals surface area contributed by atoms with Gasteiger partial charge in [0.2, 0.25) is 0 Å². The topological polar surface area (TPSA) is 80.8 Å². The summed E-state index contributed by atoms with van der Waals surface area (Å²) in [5.41, 5.74) is 1.61. The Labute approximate surface area is 159 Å². The van der Waals surface area contributed by atoms with Crippen molar-refractivity contribution in [1.82, 2.24) is 15.2 Å². The van der Waals surface area contributed by atoms with E-state index in [0.29, 0.717) is 42.3 Å². The maximum atomic E-state index is 12.4. The minimum Gasteiger partial charge on any atom is -0.493 e. The molecule has 2 rings (SSSR count). The summed E-state index contributed by atoms with van der Waals surface area (Å²) in [5, 5.41) is 2.83. The fourth-order valence-corrected chi connectivity index (χ4v) is 2.65. The van der Waals surface area contributed by atoms with Gasteiger partial charge in [0.05, 0.1) is 25.3 Å². The van der Waals surface area contributed by atoms with Gasteiger partial charge in [-0.05, 0) is 37.6 Å². The first-order chi connectivity index (χ1) is 13.0. The standard InChI is InChI=1S/C20H25N3O4/c1-5-23(6-2)20(25)16-10-15(12-21-13-16)19(24)22-11-14-7-8-17(26-3)18(9-14)27-4/h7-10,12-13H,5-6,11H2,1-4H3,(H,22,24). The summed E-state index contributed by atoms with van der Waals surface area (Å²) in [5.74, 6) is 0.783. The Balaban J connectivity index is 2.08. The molecule has 144 valence electrons. The quantitative estimate of drug-likeness (QED) is 0.771. The van der Waals surface area contributed by atoms with E-state index in [1.54, 1.807) is 37.3 Å². The Bertz CT molecular complexity index is 804. The summed E-state index contributed by atoms with van der Waals surface area (Å²) in [4.78, 5) is 30.6. The van der Waals surface area contributed by atoms with Gasteiger partial charge in [0.15, 0.2) is 11.5 Å². The van der Waals surface area contributed by atoms with Crippen molar-refractivity contribution >= 4 is 11.8 Å². The molecule has 0 aliphatic heterocycles. The van der Waals surface area contributed by atoms with Gasteiger partial charge in [0.25, 0.3) is 11.8 Å². The van der Waals surface area contributed by atoms with Crippen LogP contribution in [0, 0.1) is 0 Å². The number of amides is 2. The summed E-state index contributed by atoms with van der Waals surface area (Å²) >= 11 is 0. The average Bonchev–Trinajstić information content (AvgIpc) is 2.72. The van der Waals surface area contributed by atoms with Gasteiger partial charge in [0, 0.05) is 32.0 Å². The third kappa shape index (κ3) is 4.97. The molecule has 2 aromatic rings. The van der Waals surface area contributed by atoms with Crippen molar-refractivity contribution < 1.29 is 19.1 Å². The number of methoxy groups -OCH3 is 2. The maximum absolute atomic E-state index is 12.4. The van der Waals surface area contributed by atoms with Gasteiger partial charge in [-0.3, -0.25) is 14.6 Å². The number of nitrogens with one attached hydrogen (secondary N) is 1. The van der Waals surface area contributed by atoms with E-state index in [-0.39, 0.29) is 11.8 Å². The van der Waals surface area contributed by atoms with Crippen LogP contribution in [0.25, 0.3) is 0 Å². The number of aromatic nitrogens is 1. The van der Waals surface area contributed by atoms with Crippen LogP contribution in [0.4, 0.5) is 0 Å². The van der Waals surface area contributed by atoms with E-state index in [1.165, 1.54) is 12.4 Å². The Morgan fingerprint density at radius 1 is 1.00 bits per heavy atom. The number of nitrogens with zero attached hydrogens (tertiary/aromatic N) is 2. The Morgan fingerprint density at radius 2 is 1.67 bits per heavy atom. The van der Waals surface area contributed by atoms with Crippen molar-refractivity contribution in [3.05, 3.63) is 53.3 Å². The number of carbonyl (C=O) groups excluding carboxylic acids is 2. The Morgan fingerprint density at radius 3 is 2.30 bits per heavy atom. The molecule has 0 saturated heterocycles. The van der Waals surface area contributed by atoms with Crippen LogP contribution < -0.4 is 14.8 Å². The van der Waals surface area contributed by atoms with Gasteiger partial charge >= 0.3 is 0 Å². The summed E-state index contributed by atoms with van der Waals surface area (Å²) in [6, 6.07) is 7.00. The zero-order valence-electron chi connectivity index (χ0n) is 16.1. The summed E-state index contributed by atoms with van der Waals surface area (Å²) < 4.78 is 10.5. The van der Waals surface area contributed by atoms with Gasteiger partial charge < -0.3 is 19.7 Å². The van der Waals surface area contributed by atoms with E-state index in [2.05, 4.69) is 10.3 Å². The lowest BCUT2D eigenvalue weighted by molar-refractivity contribution is 0.0772. The smallest absolute Gasteiger partial charge is 0.255 e. The molecule has 1 heterocycles. The molecule has 0 unspecified atom stereocenters. The second-order valence-electron chi connectivity index (χ2n) is 5.81. The lowest BCUT2D eigenvalue weighted by atomic mass is 10.1. The molecule has 1 aromatic heterocycles. The number of hydrogen-bond donors (Lipinski definition) is 1. The van der Waals surface area contributed by atoms with Crippen LogP contribution in [-0.4, -0.2) is 49.0 Å². The first kappa shape index (κ1) is 20.2. The SMILES string of the molecule is CCN(CC)C(=O)c1cncc(C(=O)NCc2ccc(OC)c(OC)c2)c1. The number of ether oxygens (including phenoxy) is 2. The highest BCUT2D eigenvalue weighted by molar-refractivity contribution is 5.99. The molecule has 0 atom stereocenters. The summed E-state index contributed by atoms with van der Waals surface area (Å²) in [7, 11) is 3.13. The minimum atomic E-state index is -0.300. The van der Waals surface area contributed by atoms with Gasteiger partial charge in [0.1, 0.15) is 0 Å². The fraction of sp³-hybridized carbons (Fsp3) is 0.350. The Hall–Kier alpha value is -3.09. The third-order valence-electron chi connectivity index (χ3n) is 4.20. The van der Waals surface area contributed by atoms with Gasteiger partial charge in [-0.2, -0.15) is 0 Å². The summed E-state index contributed by atoms with van der Waals surface area (Å²) in [6.45, 7) is 5.34. The Kier molecular flexibility index (Phi) is 7.16. The van der Waals surface area contributed by atoms with Crippen molar-refractivity contribution in [3.8, 4) is 11.5 Å². The zero-order chi connectivity index (χ0) is 19.8. The number of carbonyl (C=O) groups is 2. The number of hydrogen-bond acceptors (Lipinski definition) is 5. The van der Waals surface area contributed by atoms with Crippen molar-refractivity contribution in [1.29, 1.82) is 0 Å². The molecule has 1 N–H and O–H groups in total. The molecule has 0 bridgehead atoms. The van der Waals surface area contributed by atoms with Crippen LogP contribution in [0.15, 0.2) is 36.7 Å². The monoisotopic (exact) mass is 371 g/mol. The molecule has 0 spiro atoms. The molecule has 2 amide bonds. The van der Waals surface area contributed by atoms with Gasteiger partial charge in [-0.1, -0.05) is 6.07 Å². The van der Waals surface area contributed by atoms with Gasteiger partial charge in [-0.25, -0.2) is 0 Å². The molecule has 7 heteroatoms. The molecule has 0 aliphatic rings. The highest BCUT2D eigenvalue weighted by Gasteiger charge is 2.15. The molecule has 0 saturated carbocycles. The lowest BCUT2D eigenvalue weighted by Crippen LogP contribution is -2.31. The van der Waals surface area contributed by atoms with E-state index in [0.717, 1.165) is 5.56 Å². The van der Waals surface area contributed by atoms with E-state index in [1.807, 2.05) is 19.9 Å². The second kappa shape index (κ2) is 9.56. The molecule has 27 heavy (non-hydrogen) atoms. The van der Waals surface area contributed by atoms with Crippen LogP contribution in [0.2, 0.25) is 0 Å². The predicted octanol–water partition coefficient (Wildman–Crippen LogP) is 2.51. The van der Waals surface area contributed by atoms with Crippen LogP contribution in [0.5, 0.6) is 11.5 Å². The van der Waals surface area contributed by atoms with Gasteiger partial charge in [-0.15, -0.1) is 0 Å². The molecule has 0 aliphatic carbocycles. The van der Waals surface area contributed by atoms with Crippen molar-refractivity contribution in [2.45, 2.75) is 20.4 Å². The van der Waals surface area contributed by atoms with E-state index in [4.69, 9.17) is 9.47 Å². The minimum absolute atomic E-state index is 0.137. The van der Waals surface area contributed by atoms with Crippen molar-refractivity contribution in [2.24, 2.45) is 0 Å². The van der Waals surface area contributed by atoms with Crippen molar-refractivity contribution in [3.63, 3.8) is 0 Å². The summed E-state index contributed by atoms with van der Waals surface area (Å²) in [6.07, 6.45) is 2.93. The second-order valence-corrected chi connectivity index (χ2v) is 5.81. The highest BCUT2D eigenvalue weighted by Crippen LogP contribution is 2.27. The molecular formula is C20H25N3O4. The van der Waals surface area contributed by atoms with E-state index >= 15 is 0 Å². The average molecular weight is 371 g/mol. The van der Waals surface area contributed by atoms with E-state index in [9.17, 15) is 9.59 Å². The highest BCUT2D eigenvalue weighted by atomic mass is 16.5. The normalized spacial score (nSPS) is 10.2. The lowest BCUT2D eigenvalue weighted by Gasteiger charge is -2.18. The molecule has 7 nitrogen and oxygen atoms in total. The molecule has 0 fully saturated rings. The maximum Gasteiger partial charge on any atom is 0.255 e. The molecular weight excluding hydrogens is 346 g/mol. The predicted molar refractivity (Wildman–Crippen MR) is 102 cm³/mol. The van der Waals surface area contributed by atoms with Crippen LogP contribution in [0.3, 0.4) is 0 Å². The van der Waals surface area contributed by atoms with Crippen LogP contribution in [-0.2, 0) is 6.54 Å².